The van der Waals surface area contributed by atoms with E-state index in [1.807, 2.05) is 0 Å². The van der Waals surface area contributed by atoms with E-state index in [9.17, 15) is 4.79 Å². The lowest BCUT2D eigenvalue weighted by molar-refractivity contribution is -0.116. The van der Waals surface area contributed by atoms with Gasteiger partial charge in [0.2, 0.25) is 0 Å². The van der Waals surface area contributed by atoms with Crippen molar-refractivity contribution in [2.45, 2.75) is 13.3 Å². The number of aromatic nitrogens is 2. The van der Waals surface area contributed by atoms with Gasteiger partial charge in [-0.15, -0.1) is 0 Å². The smallest absolute Gasteiger partial charge is 0.150 e. The Labute approximate surface area is 69.4 Å². The van der Waals surface area contributed by atoms with Gasteiger partial charge in [0.1, 0.15) is 5.78 Å². The highest BCUT2D eigenvalue weighted by atomic mass is 35.5. The molecule has 0 saturated heterocycles. The molecule has 11 heavy (non-hydrogen) atoms. The highest BCUT2D eigenvalue weighted by Crippen LogP contribution is 2.08. The largest absolute Gasteiger partial charge is 0.300 e. The summed E-state index contributed by atoms with van der Waals surface area (Å²) in [4.78, 5) is 18.3. The Morgan fingerprint density at radius 1 is 1.55 bits per heavy atom. The summed E-state index contributed by atoms with van der Waals surface area (Å²) in [5.41, 5.74) is 0.543. The third kappa shape index (κ3) is 2.27. The molecule has 0 aliphatic carbocycles. The first-order valence-corrected chi connectivity index (χ1v) is 3.53. The summed E-state index contributed by atoms with van der Waals surface area (Å²) < 4.78 is 0. The summed E-state index contributed by atoms with van der Waals surface area (Å²) in [5.74, 6) is 0.0346. The van der Waals surface area contributed by atoms with E-state index >= 15 is 0 Å². The fourth-order valence-corrected chi connectivity index (χ4v) is 0.876. The van der Waals surface area contributed by atoms with Gasteiger partial charge in [-0.1, -0.05) is 11.6 Å². The molecular weight excluding hydrogens is 164 g/mol. The summed E-state index contributed by atoms with van der Waals surface area (Å²) in [6, 6.07) is 0. The van der Waals surface area contributed by atoms with Gasteiger partial charge >= 0.3 is 0 Å². The molecule has 0 fully saturated rings. The molecule has 0 atom stereocenters. The van der Waals surface area contributed by atoms with Crippen LogP contribution in [0.1, 0.15) is 12.6 Å². The molecule has 0 aliphatic heterocycles. The van der Waals surface area contributed by atoms with E-state index in [0.717, 1.165) is 0 Å². The van der Waals surface area contributed by atoms with Gasteiger partial charge in [-0.2, -0.15) is 0 Å². The molecule has 4 heteroatoms. The molecule has 0 N–H and O–H groups in total. The summed E-state index contributed by atoms with van der Waals surface area (Å²) >= 11 is 5.64. The SMILES string of the molecule is CC(=O)Cc1nccnc1Cl. The number of hydrogen-bond acceptors (Lipinski definition) is 3. The monoisotopic (exact) mass is 170 g/mol. The van der Waals surface area contributed by atoms with Crippen LogP contribution < -0.4 is 0 Å². The van der Waals surface area contributed by atoms with Crippen molar-refractivity contribution in [3.05, 3.63) is 23.2 Å². The highest BCUT2D eigenvalue weighted by molar-refractivity contribution is 6.30. The van der Waals surface area contributed by atoms with E-state index in [2.05, 4.69) is 9.97 Å². The quantitative estimate of drug-likeness (QED) is 0.671. The topological polar surface area (TPSA) is 42.9 Å². The molecule has 0 bridgehead atoms. The van der Waals surface area contributed by atoms with E-state index < -0.39 is 0 Å². The summed E-state index contributed by atoms with van der Waals surface area (Å²) in [7, 11) is 0. The minimum absolute atomic E-state index is 0.0346. The molecule has 0 amide bonds. The van der Waals surface area contributed by atoms with Crippen molar-refractivity contribution >= 4 is 17.4 Å². The van der Waals surface area contributed by atoms with Gasteiger partial charge in [-0.25, -0.2) is 4.98 Å². The maximum Gasteiger partial charge on any atom is 0.150 e. The summed E-state index contributed by atoms with van der Waals surface area (Å²) in [6.45, 7) is 1.49. The summed E-state index contributed by atoms with van der Waals surface area (Å²) in [6.07, 6.45) is 3.27. The molecule has 1 aromatic heterocycles. The molecule has 3 nitrogen and oxygen atoms in total. The zero-order chi connectivity index (χ0) is 8.27. The Morgan fingerprint density at radius 2 is 2.18 bits per heavy atom. The molecule has 0 spiro atoms. The maximum absolute atomic E-state index is 10.6. The zero-order valence-corrected chi connectivity index (χ0v) is 6.80. The van der Waals surface area contributed by atoms with Gasteiger partial charge in [0, 0.05) is 12.4 Å². The molecule has 1 heterocycles. The second-order valence-electron chi connectivity index (χ2n) is 2.17. The molecule has 0 radical (unpaired) electrons. The van der Waals surface area contributed by atoms with E-state index in [1.165, 1.54) is 19.3 Å². The molecule has 0 aliphatic rings. The fraction of sp³-hybridized carbons (Fsp3) is 0.286. The second kappa shape index (κ2) is 3.44. The average Bonchev–Trinajstić information content (AvgIpc) is 1.93. The number of Topliss-reactive ketones (excluding diaryl/α,β-unsaturated/α-hetero) is 1. The molecule has 0 unspecified atom stereocenters. The van der Waals surface area contributed by atoms with Crippen LogP contribution in [0.3, 0.4) is 0 Å². The van der Waals surface area contributed by atoms with Crippen molar-refractivity contribution in [1.29, 1.82) is 0 Å². The molecular formula is C7H7ClN2O. The Morgan fingerprint density at radius 3 is 2.73 bits per heavy atom. The predicted octanol–water partition coefficient (Wildman–Crippen LogP) is 1.26. The van der Waals surface area contributed by atoms with Gasteiger partial charge in [0.25, 0.3) is 0 Å². The lowest BCUT2D eigenvalue weighted by Crippen LogP contribution is -2.00. The van der Waals surface area contributed by atoms with Crippen molar-refractivity contribution < 1.29 is 4.79 Å². The molecule has 0 saturated carbocycles. The van der Waals surface area contributed by atoms with E-state index in [4.69, 9.17) is 11.6 Å². The third-order valence-corrected chi connectivity index (χ3v) is 1.46. The van der Waals surface area contributed by atoms with Crippen LogP contribution in [-0.4, -0.2) is 15.8 Å². The number of nitrogens with zero attached hydrogens (tertiary/aromatic N) is 2. The number of carbonyl (C=O) groups is 1. The first-order chi connectivity index (χ1) is 5.20. The number of carbonyl (C=O) groups excluding carboxylic acids is 1. The van der Waals surface area contributed by atoms with Gasteiger partial charge in [-0.05, 0) is 6.92 Å². The minimum Gasteiger partial charge on any atom is -0.300 e. The lowest BCUT2D eigenvalue weighted by atomic mass is 10.2. The van der Waals surface area contributed by atoms with E-state index in [0.29, 0.717) is 10.8 Å². The maximum atomic E-state index is 10.6. The molecule has 0 aromatic carbocycles. The molecule has 1 aromatic rings. The van der Waals surface area contributed by atoms with Crippen LogP contribution in [0.5, 0.6) is 0 Å². The van der Waals surface area contributed by atoms with Crippen LogP contribution in [0.2, 0.25) is 5.15 Å². The van der Waals surface area contributed by atoms with Crippen LogP contribution >= 0.6 is 11.6 Å². The first-order valence-electron chi connectivity index (χ1n) is 3.15. The van der Waals surface area contributed by atoms with E-state index in [1.54, 1.807) is 0 Å². The van der Waals surface area contributed by atoms with E-state index in [-0.39, 0.29) is 12.2 Å². The average molecular weight is 171 g/mol. The van der Waals surface area contributed by atoms with Gasteiger partial charge in [-0.3, -0.25) is 9.78 Å². The standard InChI is InChI=1S/C7H7ClN2O/c1-5(11)4-6-7(8)10-3-2-9-6/h2-3H,4H2,1H3. The molecule has 58 valence electrons. The van der Waals surface area contributed by atoms with Crippen molar-refractivity contribution in [3.63, 3.8) is 0 Å². The Bertz CT molecular complexity index is 275. The minimum atomic E-state index is 0.0346. The van der Waals surface area contributed by atoms with Gasteiger partial charge in [0.05, 0.1) is 12.1 Å². The van der Waals surface area contributed by atoms with Crippen LogP contribution in [0.4, 0.5) is 0 Å². The van der Waals surface area contributed by atoms with Gasteiger partial charge in [0.15, 0.2) is 5.15 Å². The number of hydrogen-bond donors (Lipinski definition) is 0. The zero-order valence-electron chi connectivity index (χ0n) is 6.04. The molecule has 1 rings (SSSR count). The first kappa shape index (κ1) is 8.14. The van der Waals surface area contributed by atoms with Crippen molar-refractivity contribution in [1.82, 2.24) is 9.97 Å². The van der Waals surface area contributed by atoms with Crippen LogP contribution in [0.15, 0.2) is 12.4 Å². The Hall–Kier alpha value is -0.960. The van der Waals surface area contributed by atoms with Crippen molar-refractivity contribution in [2.24, 2.45) is 0 Å². The van der Waals surface area contributed by atoms with Crippen molar-refractivity contribution in [2.75, 3.05) is 0 Å². The highest BCUT2D eigenvalue weighted by Gasteiger charge is 2.03. The second-order valence-corrected chi connectivity index (χ2v) is 2.53. The summed E-state index contributed by atoms with van der Waals surface area (Å²) in [5, 5.41) is 0.308. The van der Waals surface area contributed by atoms with Crippen LogP contribution in [0.25, 0.3) is 0 Å². The number of ketones is 1. The Kier molecular flexibility index (Phi) is 2.54. The predicted molar refractivity (Wildman–Crippen MR) is 41.4 cm³/mol. The van der Waals surface area contributed by atoms with Crippen LogP contribution in [0, 0.1) is 0 Å². The normalized spacial score (nSPS) is 9.64. The number of rotatable bonds is 2. The van der Waals surface area contributed by atoms with Crippen molar-refractivity contribution in [3.8, 4) is 0 Å². The number of halogens is 1. The lowest BCUT2D eigenvalue weighted by Gasteiger charge is -1.96. The van der Waals surface area contributed by atoms with Crippen LogP contribution in [-0.2, 0) is 11.2 Å². The Balaban J connectivity index is 2.86. The third-order valence-electron chi connectivity index (χ3n) is 1.14. The van der Waals surface area contributed by atoms with Gasteiger partial charge < -0.3 is 0 Å². The fourth-order valence-electron chi connectivity index (χ4n) is 0.704.